The maximum Gasteiger partial charge on any atom is 0.157 e. The monoisotopic (exact) mass is 188 g/mol. The molecule has 0 bridgehead atoms. The Morgan fingerprint density at radius 2 is 2.29 bits per heavy atom. The highest BCUT2D eigenvalue weighted by molar-refractivity contribution is 5.32. The van der Waals surface area contributed by atoms with Crippen molar-refractivity contribution in [3.63, 3.8) is 0 Å². The van der Waals surface area contributed by atoms with Crippen LogP contribution in [0, 0.1) is 6.92 Å². The summed E-state index contributed by atoms with van der Waals surface area (Å²) in [7, 11) is 0. The average Bonchev–Trinajstić information content (AvgIpc) is 2.65. The summed E-state index contributed by atoms with van der Waals surface area (Å²) in [6.45, 7) is 2.42. The van der Waals surface area contributed by atoms with Crippen LogP contribution in [0.5, 0.6) is 0 Å². The SMILES string of the molecule is Cc1ccn(-c2ncccc2CN)n1. The van der Waals surface area contributed by atoms with Crippen molar-refractivity contribution in [1.29, 1.82) is 0 Å². The average molecular weight is 188 g/mol. The summed E-state index contributed by atoms with van der Waals surface area (Å²) in [6, 6.07) is 5.77. The van der Waals surface area contributed by atoms with Crippen molar-refractivity contribution in [1.82, 2.24) is 14.8 Å². The molecule has 0 saturated heterocycles. The first kappa shape index (κ1) is 8.90. The van der Waals surface area contributed by atoms with Gasteiger partial charge in [-0.25, -0.2) is 9.67 Å². The minimum absolute atomic E-state index is 0.474. The molecule has 0 aromatic carbocycles. The van der Waals surface area contributed by atoms with Crippen LogP contribution in [0.2, 0.25) is 0 Å². The highest BCUT2D eigenvalue weighted by Crippen LogP contribution is 2.09. The van der Waals surface area contributed by atoms with Crippen molar-refractivity contribution >= 4 is 0 Å². The second-order valence-corrected chi connectivity index (χ2v) is 3.09. The molecule has 2 rings (SSSR count). The number of aryl methyl sites for hydroxylation is 1. The van der Waals surface area contributed by atoms with Gasteiger partial charge in [-0.2, -0.15) is 5.10 Å². The molecular formula is C10H12N4. The molecule has 0 aliphatic rings. The van der Waals surface area contributed by atoms with Crippen molar-refractivity contribution in [2.75, 3.05) is 0 Å². The molecule has 0 aliphatic carbocycles. The molecular weight excluding hydrogens is 176 g/mol. The standard InChI is InChI=1S/C10H12N4/c1-8-4-6-14(13-8)10-9(7-11)3-2-5-12-10/h2-6H,7,11H2,1H3. The van der Waals surface area contributed by atoms with Crippen molar-refractivity contribution in [2.45, 2.75) is 13.5 Å². The molecule has 4 heteroatoms. The smallest absolute Gasteiger partial charge is 0.157 e. The van der Waals surface area contributed by atoms with Crippen LogP contribution >= 0.6 is 0 Å². The van der Waals surface area contributed by atoms with Gasteiger partial charge in [0.25, 0.3) is 0 Å². The number of rotatable bonds is 2. The summed E-state index contributed by atoms with van der Waals surface area (Å²) in [5, 5.41) is 4.29. The van der Waals surface area contributed by atoms with Crippen molar-refractivity contribution in [2.24, 2.45) is 5.73 Å². The van der Waals surface area contributed by atoms with E-state index in [1.165, 1.54) is 0 Å². The third-order valence-corrected chi connectivity index (χ3v) is 2.03. The minimum atomic E-state index is 0.474. The van der Waals surface area contributed by atoms with Gasteiger partial charge in [0, 0.05) is 24.5 Å². The molecule has 0 spiro atoms. The van der Waals surface area contributed by atoms with E-state index < -0.39 is 0 Å². The van der Waals surface area contributed by atoms with Crippen molar-refractivity contribution in [3.8, 4) is 5.82 Å². The number of hydrogen-bond donors (Lipinski definition) is 1. The summed E-state index contributed by atoms with van der Waals surface area (Å²) in [5.74, 6) is 0.808. The number of pyridine rings is 1. The first-order chi connectivity index (χ1) is 6.81. The van der Waals surface area contributed by atoms with Gasteiger partial charge in [0.1, 0.15) is 0 Å². The maximum atomic E-state index is 5.61. The topological polar surface area (TPSA) is 56.7 Å². The number of aromatic nitrogens is 3. The number of hydrogen-bond acceptors (Lipinski definition) is 3. The zero-order chi connectivity index (χ0) is 9.97. The second kappa shape index (κ2) is 3.59. The third kappa shape index (κ3) is 1.52. The molecule has 0 unspecified atom stereocenters. The summed E-state index contributed by atoms with van der Waals surface area (Å²) < 4.78 is 1.75. The van der Waals surface area contributed by atoms with Crippen molar-refractivity contribution in [3.05, 3.63) is 41.9 Å². The van der Waals surface area contributed by atoms with Crippen LogP contribution in [0.25, 0.3) is 5.82 Å². The largest absolute Gasteiger partial charge is 0.326 e. The van der Waals surface area contributed by atoms with Crippen LogP contribution in [0.1, 0.15) is 11.3 Å². The van der Waals surface area contributed by atoms with Gasteiger partial charge in [-0.1, -0.05) is 6.07 Å². The Morgan fingerprint density at radius 1 is 1.43 bits per heavy atom. The zero-order valence-corrected chi connectivity index (χ0v) is 8.01. The molecule has 0 radical (unpaired) electrons. The lowest BCUT2D eigenvalue weighted by atomic mass is 10.2. The Balaban J connectivity index is 2.50. The van der Waals surface area contributed by atoms with Crippen LogP contribution in [-0.4, -0.2) is 14.8 Å². The highest BCUT2D eigenvalue weighted by atomic mass is 15.3. The fourth-order valence-electron chi connectivity index (χ4n) is 1.33. The first-order valence-corrected chi connectivity index (χ1v) is 4.48. The Morgan fingerprint density at radius 3 is 2.93 bits per heavy atom. The van der Waals surface area contributed by atoms with E-state index in [0.29, 0.717) is 6.54 Å². The van der Waals surface area contributed by atoms with E-state index in [-0.39, 0.29) is 0 Å². The van der Waals surface area contributed by atoms with E-state index >= 15 is 0 Å². The minimum Gasteiger partial charge on any atom is -0.326 e. The van der Waals surface area contributed by atoms with E-state index in [1.54, 1.807) is 10.9 Å². The molecule has 2 heterocycles. The summed E-state index contributed by atoms with van der Waals surface area (Å²) in [6.07, 6.45) is 3.63. The van der Waals surface area contributed by atoms with E-state index in [2.05, 4.69) is 10.1 Å². The Bertz CT molecular complexity index is 433. The molecule has 0 fully saturated rings. The van der Waals surface area contributed by atoms with Gasteiger partial charge in [-0.05, 0) is 19.1 Å². The molecule has 2 aromatic heterocycles. The molecule has 2 aromatic rings. The van der Waals surface area contributed by atoms with Crippen LogP contribution in [0.3, 0.4) is 0 Å². The summed E-state index contributed by atoms with van der Waals surface area (Å²) in [5.41, 5.74) is 7.58. The lowest BCUT2D eigenvalue weighted by Gasteiger charge is -2.05. The predicted octanol–water partition coefficient (Wildman–Crippen LogP) is 1.03. The van der Waals surface area contributed by atoms with Crippen molar-refractivity contribution < 1.29 is 0 Å². The fourth-order valence-corrected chi connectivity index (χ4v) is 1.33. The van der Waals surface area contributed by atoms with Crippen LogP contribution < -0.4 is 5.73 Å². The molecule has 14 heavy (non-hydrogen) atoms. The maximum absolute atomic E-state index is 5.61. The van der Waals surface area contributed by atoms with Gasteiger partial charge in [-0.15, -0.1) is 0 Å². The fraction of sp³-hybridized carbons (Fsp3) is 0.200. The van der Waals surface area contributed by atoms with E-state index in [4.69, 9.17) is 5.73 Å². The molecule has 0 atom stereocenters. The molecule has 0 aliphatic heterocycles. The molecule has 72 valence electrons. The van der Waals surface area contributed by atoms with Gasteiger partial charge in [0.15, 0.2) is 5.82 Å². The highest BCUT2D eigenvalue weighted by Gasteiger charge is 2.04. The van der Waals surface area contributed by atoms with Gasteiger partial charge in [0.05, 0.1) is 5.69 Å². The molecule has 2 N–H and O–H groups in total. The summed E-state index contributed by atoms with van der Waals surface area (Å²) in [4.78, 5) is 4.25. The number of nitrogens with two attached hydrogens (primary N) is 1. The summed E-state index contributed by atoms with van der Waals surface area (Å²) >= 11 is 0. The molecule has 0 saturated carbocycles. The van der Waals surface area contributed by atoms with Gasteiger partial charge in [0.2, 0.25) is 0 Å². The first-order valence-electron chi connectivity index (χ1n) is 4.48. The Kier molecular flexibility index (Phi) is 2.28. The lowest BCUT2D eigenvalue weighted by molar-refractivity contribution is 0.812. The lowest BCUT2D eigenvalue weighted by Crippen LogP contribution is -2.06. The third-order valence-electron chi connectivity index (χ3n) is 2.03. The Hall–Kier alpha value is -1.68. The quantitative estimate of drug-likeness (QED) is 0.766. The van der Waals surface area contributed by atoms with E-state index in [0.717, 1.165) is 17.1 Å². The van der Waals surface area contributed by atoms with Crippen LogP contribution in [0.4, 0.5) is 0 Å². The van der Waals surface area contributed by atoms with Gasteiger partial charge >= 0.3 is 0 Å². The van der Waals surface area contributed by atoms with Crippen LogP contribution in [0.15, 0.2) is 30.6 Å². The van der Waals surface area contributed by atoms with E-state index in [1.807, 2.05) is 31.3 Å². The predicted molar refractivity (Wildman–Crippen MR) is 54.0 cm³/mol. The van der Waals surface area contributed by atoms with Gasteiger partial charge in [-0.3, -0.25) is 0 Å². The number of nitrogens with zero attached hydrogens (tertiary/aromatic N) is 3. The van der Waals surface area contributed by atoms with Gasteiger partial charge < -0.3 is 5.73 Å². The Labute approximate surface area is 82.4 Å². The zero-order valence-electron chi connectivity index (χ0n) is 8.01. The molecule has 0 amide bonds. The van der Waals surface area contributed by atoms with Crippen LogP contribution in [-0.2, 0) is 6.54 Å². The molecule has 4 nitrogen and oxygen atoms in total. The van der Waals surface area contributed by atoms with E-state index in [9.17, 15) is 0 Å². The normalized spacial score (nSPS) is 10.4. The second-order valence-electron chi connectivity index (χ2n) is 3.09.